The van der Waals surface area contributed by atoms with Gasteiger partial charge in [-0.1, -0.05) is 41.9 Å². The molecule has 3 aromatic carbocycles. The maximum absolute atomic E-state index is 13.0. The molecule has 31 heavy (non-hydrogen) atoms. The van der Waals surface area contributed by atoms with Gasteiger partial charge in [0.2, 0.25) is 0 Å². The number of hydrogen-bond acceptors (Lipinski definition) is 4. The number of carbonyl (C=O) groups excluding carboxylic acids is 1. The molecule has 0 spiro atoms. The minimum atomic E-state index is -0.461. The van der Waals surface area contributed by atoms with Gasteiger partial charge in [0.15, 0.2) is 11.5 Å². The molecule has 0 fully saturated rings. The Labute approximate surface area is 190 Å². The molecule has 156 valence electrons. The molecule has 5 nitrogen and oxygen atoms in total. The third kappa shape index (κ3) is 5.13. The Balaban J connectivity index is 1.40. The van der Waals surface area contributed by atoms with Crippen LogP contribution in [0.1, 0.15) is 21.7 Å². The lowest BCUT2D eigenvalue weighted by Crippen LogP contribution is -2.16. The van der Waals surface area contributed by atoms with E-state index in [-0.39, 0.29) is 18.2 Å². The molecule has 0 atom stereocenters. The second kappa shape index (κ2) is 9.32. The van der Waals surface area contributed by atoms with Gasteiger partial charge in [-0.05, 0) is 63.5 Å². The normalized spacial score (nSPS) is 11.2. The monoisotopic (exact) mass is 500 g/mol. The van der Waals surface area contributed by atoms with E-state index in [0.29, 0.717) is 26.4 Å². The van der Waals surface area contributed by atoms with E-state index in [1.165, 1.54) is 18.3 Å². The molecular formula is C23H15BrClFN2O3. The molecule has 0 unspecified atom stereocenters. The standard InChI is InChI=1S/C23H15BrClFN2O3/c24-18-9-15(10-19(25)22(18)30-13-14-5-7-17(26)8-6-14)12-27-28-23(29)21-11-16-3-1-2-4-20(16)31-21/h1-12H,13H2,(H,28,29)/b27-12+. The fourth-order valence-corrected chi connectivity index (χ4v) is 3.83. The van der Waals surface area contributed by atoms with Gasteiger partial charge in [0, 0.05) is 5.39 Å². The Morgan fingerprint density at radius 3 is 2.68 bits per heavy atom. The predicted octanol–water partition coefficient (Wildman–Crippen LogP) is 6.33. The number of rotatable bonds is 6. The van der Waals surface area contributed by atoms with Crippen LogP contribution in [0.15, 0.2) is 80.7 Å². The Hall–Kier alpha value is -3.16. The molecule has 1 heterocycles. The molecule has 8 heteroatoms. The zero-order chi connectivity index (χ0) is 21.8. The van der Waals surface area contributed by atoms with Crippen LogP contribution in [-0.4, -0.2) is 12.1 Å². The Morgan fingerprint density at radius 2 is 1.94 bits per heavy atom. The summed E-state index contributed by atoms with van der Waals surface area (Å²) in [6.45, 7) is 0.236. The van der Waals surface area contributed by atoms with Gasteiger partial charge >= 0.3 is 5.91 Å². The molecule has 0 saturated heterocycles. The molecule has 4 rings (SSSR count). The second-order valence-corrected chi connectivity index (χ2v) is 7.84. The summed E-state index contributed by atoms with van der Waals surface area (Å²) in [5.74, 6) is -0.146. The summed E-state index contributed by atoms with van der Waals surface area (Å²) in [6.07, 6.45) is 1.46. The maximum Gasteiger partial charge on any atom is 0.307 e. The summed E-state index contributed by atoms with van der Waals surface area (Å²) in [4.78, 5) is 12.2. The highest BCUT2D eigenvalue weighted by Gasteiger charge is 2.12. The lowest BCUT2D eigenvalue weighted by Gasteiger charge is -2.11. The second-order valence-electron chi connectivity index (χ2n) is 6.58. The van der Waals surface area contributed by atoms with E-state index in [9.17, 15) is 9.18 Å². The van der Waals surface area contributed by atoms with Gasteiger partial charge in [0.05, 0.1) is 15.7 Å². The van der Waals surface area contributed by atoms with Gasteiger partial charge in [0.1, 0.15) is 18.0 Å². The number of nitrogens with zero attached hydrogens (tertiary/aromatic N) is 1. The van der Waals surface area contributed by atoms with Crippen molar-refractivity contribution < 1.29 is 18.3 Å². The average molecular weight is 502 g/mol. The fraction of sp³-hybridized carbons (Fsp3) is 0.0435. The van der Waals surface area contributed by atoms with E-state index in [1.807, 2.05) is 18.2 Å². The smallest absolute Gasteiger partial charge is 0.307 e. The molecule has 0 aliphatic rings. The number of ether oxygens (including phenoxy) is 1. The van der Waals surface area contributed by atoms with E-state index >= 15 is 0 Å². The van der Waals surface area contributed by atoms with Gasteiger partial charge in [-0.3, -0.25) is 4.79 Å². The molecule has 0 aliphatic carbocycles. The fourth-order valence-electron chi connectivity index (χ4n) is 2.84. The number of nitrogens with one attached hydrogen (secondary N) is 1. The van der Waals surface area contributed by atoms with Crippen LogP contribution >= 0.6 is 27.5 Å². The highest BCUT2D eigenvalue weighted by Crippen LogP contribution is 2.34. The summed E-state index contributed by atoms with van der Waals surface area (Å²) in [5, 5.41) is 5.16. The number of hydrogen-bond donors (Lipinski definition) is 1. The lowest BCUT2D eigenvalue weighted by atomic mass is 10.2. The number of carbonyl (C=O) groups is 1. The van der Waals surface area contributed by atoms with Gasteiger partial charge in [0.25, 0.3) is 0 Å². The first-order valence-corrected chi connectivity index (χ1v) is 10.3. The molecule has 0 saturated carbocycles. The van der Waals surface area contributed by atoms with E-state index in [0.717, 1.165) is 10.9 Å². The van der Waals surface area contributed by atoms with Crippen molar-refractivity contribution in [1.82, 2.24) is 5.43 Å². The number of amides is 1. The van der Waals surface area contributed by atoms with Crippen LogP contribution in [0.4, 0.5) is 4.39 Å². The number of benzene rings is 3. The molecule has 0 bridgehead atoms. The van der Waals surface area contributed by atoms with Crippen LogP contribution in [0.2, 0.25) is 5.02 Å². The first-order chi connectivity index (χ1) is 15.0. The van der Waals surface area contributed by atoms with Crippen LogP contribution in [0.3, 0.4) is 0 Å². The summed E-state index contributed by atoms with van der Waals surface area (Å²) in [7, 11) is 0. The zero-order valence-corrected chi connectivity index (χ0v) is 18.3. The minimum Gasteiger partial charge on any atom is -0.486 e. The van der Waals surface area contributed by atoms with Crippen molar-refractivity contribution in [2.45, 2.75) is 6.61 Å². The highest BCUT2D eigenvalue weighted by molar-refractivity contribution is 9.10. The molecule has 0 aliphatic heterocycles. The molecule has 1 aromatic heterocycles. The maximum atomic E-state index is 13.0. The van der Waals surface area contributed by atoms with Crippen LogP contribution in [0, 0.1) is 5.82 Å². The predicted molar refractivity (Wildman–Crippen MR) is 121 cm³/mol. The molecular weight excluding hydrogens is 487 g/mol. The first-order valence-electron chi connectivity index (χ1n) is 9.18. The van der Waals surface area contributed by atoms with Gasteiger partial charge in [-0.15, -0.1) is 0 Å². The average Bonchev–Trinajstić information content (AvgIpc) is 3.19. The SMILES string of the molecule is O=C(N/N=C/c1cc(Cl)c(OCc2ccc(F)cc2)c(Br)c1)c1cc2ccccc2o1. The quantitative estimate of drug-likeness (QED) is 0.248. The van der Waals surface area contributed by atoms with E-state index in [1.54, 1.807) is 36.4 Å². The third-order valence-electron chi connectivity index (χ3n) is 4.35. The van der Waals surface area contributed by atoms with Crippen molar-refractivity contribution in [2.75, 3.05) is 0 Å². The minimum absolute atomic E-state index is 0.169. The first kappa shape index (κ1) is 21.1. The van der Waals surface area contributed by atoms with Crippen molar-refractivity contribution in [1.29, 1.82) is 0 Å². The number of para-hydroxylation sites is 1. The van der Waals surface area contributed by atoms with Crippen molar-refractivity contribution in [3.8, 4) is 5.75 Å². The van der Waals surface area contributed by atoms with Crippen LogP contribution in [0.5, 0.6) is 5.75 Å². The number of furan rings is 1. The van der Waals surface area contributed by atoms with Crippen LogP contribution in [-0.2, 0) is 6.61 Å². The zero-order valence-electron chi connectivity index (χ0n) is 15.9. The summed E-state index contributed by atoms with van der Waals surface area (Å²) in [6, 6.07) is 18.4. The van der Waals surface area contributed by atoms with Crippen LogP contribution in [0.25, 0.3) is 11.0 Å². The largest absolute Gasteiger partial charge is 0.486 e. The van der Waals surface area contributed by atoms with Gasteiger partial charge in [-0.2, -0.15) is 5.10 Å². The molecule has 4 aromatic rings. The molecule has 1 N–H and O–H groups in total. The number of halogens is 3. The number of fused-ring (bicyclic) bond motifs is 1. The molecule has 0 radical (unpaired) electrons. The van der Waals surface area contributed by atoms with Crippen molar-refractivity contribution >= 4 is 50.6 Å². The Kier molecular flexibility index (Phi) is 6.34. The summed E-state index contributed by atoms with van der Waals surface area (Å²) in [5.41, 5.74) is 4.52. The summed E-state index contributed by atoms with van der Waals surface area (Å²) >= 11 is 9.76. The van der Waals surface area contributed by atoms with E-state index in [4.69, 9.17) is 20.8 Å². The number of hydrazone groups is 1. The third-order valence-corrected chi connectivity index (χ3v) is 5.22. The Bertz CT molecular complexity index is 1220. The topological polar surface area (TPSA) is 63.8 Å². The van der Waals surface area contributed by atoms with E-state index < -0.39 is 5.91 Å². The van der Waals surface area contributed by atoms with Gasteiger partial charge < -0.3 is 9.15 Å². The highest BCUT2D eigenvalue weighted by atomic mass is 79.9. The van der Waals surface area contributed by atoms with Crippen molar-refractivity contribution in [3.63, 3.8) is 0 Å². The van der Waals surface area contributed by atoms with E-state index in [2.05, 4.69) is 26.5 Å². The van der Waals surface area contributed by atoms with Crippen molar-refractivity contribution in [3.05, 3.63) is 98.9 Å². The van der Waals surface area contributed by atoms with Crippen molar-refractivity contribution in [2.24, 2.45) is 5.10 Å². The lowest BCUT2D eigenvalue weighted by molar-refractivity contribution is 0.0929. The molecule has 1 amide bonds. The van der Waals surface area contributed by atoms with Gasteiger partial charge in [-0.25, -0.2) is 9.82 Å². The van der Waals surface area contributed by atoms with Crippen LogP contribution < -0.4 is 10.2 Å². The Morgan fingerprint density at radius 1 is 1.16 bits per heavy atom. The summed E-state index contributed by atoms with van der Waals surface area (Å²) < 4.78 is 24.9.